The number of carboxylic acid groups (broad SMARTS) is 1. The van der Waals surface area contributed by atoms with Crippen LogP contribution in [0.4, 0.5) is 0 Å². The van der Waals surface area contributed by atoms with E-state index in [1.807, 2.05) is 37.3 Å². The minimum absolute atomic E-state index is 0.0168. The Kier molecular flexibility index (Phi) is 7.51. The highest BCUT2D eigenvalue weighted by atomic mass is 16.4. The molecule has 2 N–H and O–H groups in total. The van der Waals surface area contributed by atoms with E-state index in [9.17, 15) is 9.59 Å². The van der Waals surface area contributed by atoms with Crippen LogP contribution in [0, 0.1) is 5.92 Å². The van der Waals surface area contributed by atoms with Gasteiger partial charge in [-0.15, -0.1) is 0 Å². The maximum atomic E-state index is 12.1. The van der Waals surface area contributed by atoms with E-state index in [0.717, 1.165) is 18.4 Å². The number of carbonyl (C=O) groups excluding carboxylic acids is 1. The van der Waals surface area contributed by atoms with Gasteiger partial charge in [0.1, 0.15) is 0 Å². The summed E-state index contributed by atoms with van der Waals surface area (Å²) in [5.74, 6) is -0.842. The third-order valence-electron chi connectivity index (χ3n) is 3.55. The monoisotopic (exact) mass is 291 g/mol. The van der Waals surface area contributed by atoms with E-state index >= 15 is 0 Å². The van der Waals surface area contributed by atoms with Gasteiger partial charge in [0.25, 0.3) is 0 Å². The summed E-state index contributed by atoms with van der Waals surface area (Å²) in [5.41, 5.74) is 1.11. The predicted octanol–water partition coefficient (Wildman–Crippen LogP) is 3.01. The number of hydrogen-bond donors (Lipinski definition) is 2. The number of carbonyl (C=O) groups is 2. The van der Waals surface area contributed by atoms with E-state index < -0.39 is 5.97 Å². The predicted molar refractivity (Wildman–Crippen MR) is 83.0 cm³/mol. The van der Waals surface area contributed by atoms with Gasteiger partial charge < -0.3 is 10.4 Å². The smallest absolute Gasteiger partial charge is 0.303 e. The summed E-state index contributed by atoms with van der Waals surface area (Å²) < 4.78 is 0. The standard InChI is InChI=1S/C17H25NO3/c1-3-7-13(2)17(21)18-15(10-11-16(19)20)12-14-8-5-4-6-9-14/h4-6,8-9,13,15H,3,7,10-12H2,1-2H3,(H,18,21)(H,19,20). The Bertz CT molecular complexity index is 445. The summed E-state index contributed by atoms with van der Waals surface area (Å²) in [5, 5.41) is 11.8. The summed E-state index contributed by atoms with van der Waals surface area (Å²) in [7, 11) is 0. The molecule has 0 aliphatic heterocycles. The Morgan fingerprint density at radius 2 is 1.86 bits per heavy atom. The molecule has 1 aromatic rings. The number of amides is 1. The fourth-order valence-corrected chi connectivity index (χ4v) is 2.33. The molecule has 1 rings (SSSR count). The first-order chi connectivity index (χ1) is 10.0. The summed E-state index contributed by atoms with van der Waals surface area (Å²) >= 11 is 0. The maximum absolute atomic E-state index is 12.1. The molecular formula is C17H25NO3. The minimum atomic E-state index is -0.830. The molecular weight excluding hydrogens is 266 g/mol. The van der Waals surface area contributed by atoms with E-state index in [0.29, 0.717) is 12.8 Å². The lowest BCUT2D eigenvalue weighted by Gasteiger charge is -2.20. The highest BCUT2D eigenvalue weighted by molar-refractivity contribution is 5.78. The van der Waals surface area contributed by atoms with Crippen molar-refractivity contribution >= 4 is 11.9 Å². The molecule has 0 aromatic heterocycles. The Labute approximate surface area is 126 Å². The Morgan fingerprint density at radius 1 is 1.19 bits per heavy atom. The van der Waals surface area contributed by atoms with E-state index in [2.05, 4.69) is 12.2 Å². The van der Waals surface area contributed by atoms with Gasteiger partial charge in [0, 0.05) is 18.4 Å². The first-order valence-electron chi connectivity index (χ1n) is 7.59. The Hall–Kier alpha value is -1.84. The van der Waals surface area contributed by atoms with Crippen molar-refractivity contribution in [1.29, 1.82) is 0 Å². The van der Waals surface area contributed by atoms with Crippen LogP contribution < -0.4 is 5.32 Å². The number of carboxylic acids is 1. The normalized spacial score (nSPS) is 13.4. The van der Waals surface area contributed by atoms with Crippen molar-refractivity contribution in [1.82, 2.24) is 5.32 Å². The van der Waals surface area contributed by atoms with Crippen LogP contribution in [0.2, 0.25) is 0 Å². The third-order valence-corrected chi connectivity index (χ3v) is 3.55. The van der Waals surface area contributed by atoms with Crippen LogP contribution in [0.5, 0.6) is 0 Å². The van der Waals surface area contributed by atoms with Crippen LogP contribution >= 0.6 is 0 Å². The molecule has 0 aliphatic rings. The molecule has 116 valence electrons. The van der Waals surface area contributed by atoms with Gasteiger partial charge in [0.05, 0.1) is 0 Å². The second-order valence-electron chi connectivity index (χ2n) is 5.52. The van der Waals surface area contributed by atoms with E-state index in [-0.39, 0.29) is 24.3 Å². The molecule has 0 aliphatic carbocycles. The van der Waals surface area contributed by atoms with Crippen molar-refractivity contribution in [3.63, 3.8) is 0 Å². The molecule has 21 heavy (non-hydrogen) atoms. The lowest BCUT2D eigenvalue weighted by Crippen LogP contribution is -2.39. The van der Waals surface area contributed by atoms with Crippen molar-refractivity contribution in [3.8, 4) is 0 Å². The number of hydrogen-bond acceptors (Lipinski definition) is 2. The van der Waals surface area contributed by atoms with Crippen LogP contribution in [0.3, 0.4) is 0 Å². The number of rotatable bonds is 9. The SMILES string of the molecule is CCCC(C)C(=O)NC(CCC(=O)O)Cc1ccccc1. The van der Waals surface area contributed by atoms with Crippen molar-refractivity contribution in [2.24, 2.45) is 5.92 Å². The minimum Gasteiger partial charge on any atom is -0.481 e. The van der Waals surface area contributed by atoms with E-state index in [4.69, 9.17) is 5.11 Å². The summed E-state index contributed by atoms with van der Waals surface area (Å²) in [6.07, 6.45) is 3.00. The molecule has 1 aromatic carbocycles. The Morgan fingerprint density at radius 3 is 2.43 bits per heavy atom. The fraction of sp³-hybridized carbons (Fsp3) is 0.529. The van der Waals surface area contributed by atoms with Gasteiger partial charge in [-0.25, -0.2) is 0 Å². The molecule has 0 saturated carbocycles. The summed E-state index contributed by atoms with van der Waals surface area (Å²) in [4.78, 5) is 22.9. The Balaban J connectivity index is 2.63. The fourth-order valence-electron chi connectivity index (χ4n) is 2.33. The average Bonchev–Trinajstić information content (AvgIpc) is 2.46. The first-order valence-corrected chi connectivity index (χ1v) is 7.59. The topological polar surface area (TPSA) is 66.4 Å². The first kappa shape index (κ1) is 17.2. The van der Waals surface area contributed by atoms with Crippen LogP contribution in [-0.4, -0.2) is 23.0 Å². The maximum Gasteiger partial charge on any atom is 0.303 e. The molecule has 0 heterocycles. The van der Waals surface area contributed by atoms with Crippen molar-refractivity contribution in [2.75, 3.05) is 0 Å². The average molecular weight is 291 g/mol. The second-order valence-corrected chi connectivity index (χ2v) is 5.52. The molecule has 2 unspecified atom stereocenters. The largest absolute Gasteiger partial charge is 0.481 e. The van der Waals surface area contributed by atoms with Gasteiger partial charge in [-0.3, -0.25) is 9.59 Å². The van der Waals surface area contributed by atoms with Gasteiger partial charge in [-0.2, -0.15) is 0 Å². The molecule has 1 amide bonds. The third kappa shape index (κ3) is 6.93. The zero-order valence-electron chi connectivity index (χ0n) is 12.8. The van der Waals surface area contributed by atoms with Crippen molar-refractivity contribution in [2.45, 2.75) is 52.0 Å². The van der Waals surface area contributed by atoms with Crippen LogP contribution in [-0.2, 0) is 16.0 Å². The molecule has 2 atom stereocenters. The lowest BCUT2D eigenvalue weighted by atomic mass is 9.99. The van der Waals surface area contributed by atoms with Crippen molar-refractivity contribution in [3.05, 3.63) is 35.9 Å². The van der Waals surface area contributed by atoms with Gasteiger partial charge in [0.2, 0.25) is 5.91 Å². The van der Waals surface area contributed by atoms with Crippen LogP contribution in [0.25, 0.3) is 0 Å². The molecule has 0 saturated heterocycles. The molecule has 0 fully saturated rings. The van der Waals surface area contributed by atoms with Crippen LogP contribution in [0.15, 0.2) is 30.3 Å². The van der Waals surface area contributed by atoms with Gasteiger partial charge in [-0.1, -0.05) is 50.6 Å². The molecule has 0 spiro atoms. The van der Waals surface area contributed by atoms with Gasteiger partial charge >= 0.3 is 5.97 Å². The highest BCUT2D eigenvalue weighted by Gasteiger charge is 2.18. The van der Waals surface area contributed by atoms with Gasteiger partial charge in [-0.05, 0) is 24.8 Å². The summed E-state index contributed by atoms with van der Waals surface area (Å²) in [6.45, 7) is 3.96. The number of benzene rings is 1. The van der Waals surface area contributed by atoms with E-state index in [1.54, 1.807) is 0 Å². The molecule has 4 nitrogen and oxygen atoms in total. The molecule has 0 radical (unpaired) electrons. The quantitative estimate of drug-likeness (QED) is 0.735. The highest BCUT2D eigenvalue weighted by Crippen LogP contribution is 2.11. The van der Waals surface area contributed by atoms with Crippen LogP contribution in [0.1, 0.15) is 45.1 Å². The zero-order chi connectivity index (χ0) is 15.7. The summed E-state index contributed by atoms with van der Waals surface area (Å²) in [6, 6.07) is 9.70. The molecule has 0 bridgehead atoms. The number of aliphatic carboxylic acids is 1. The van der Waals surface area contributed by atoms with Gasteiger partial charge in [0.15, 0.2) is 0 Å². The lowest BCUT2D eigenvalue weighted by molar-refractivity contribution is -0.137. The van der Waals surface area contributed by atoms with Crippen molar-refractivity contribution < 1.29 is 14.7 Å². The molecule has 4 heteroatoms. The zero-order valence-corrected chi connectivity index (χ0v) is 12.8. The number of nitrogens with one attached hydrogen (secondary N) is 1. The second kappa shape index (κ2) is 9.16. The van der Waals surface area contributed by atoms with E-state index in [1.165, 1.54) is 0 Å².